The van der Waals surface area contributed by atoms with Gasteiger partial charge in [0.05, 0.1) is 22.4 Å². The number of halogens is 3. The highest BCUT2D eigenvalue weighted by Gasteiger charge is 2.22. The van der Waals surface area contributed by atoms with Gasteiger partial charge in [-0.3, -0.25) is 4.68 Å². The van der Waals surface area contributed by atoms with Gasteiger partial charge < -0.3 is 5.32 Å². The van der Waals surface area contributed by atoms with Crippen LogP contribution in [0.2, 0.25) is 0 Å². The fourth-order valence-electron chi connectivity index (χ4n) is 1.90. The molecule has 1 heterocycles. The molecule has 2 rings (SSSR count). The summed E-state index contributed by atoms with van der Waals surface area (Å²) >= 11 is 3.11. The van der Waals surface area contributed by atoms with Gasteiger partial charge in [-0.15, -0.1) is 5.10 Å². The van der Waals surface area contributed by atoms with Crippen molar-refractivity contribution < 1.29 is 8.78 Å². The number of hydrogen-bond acceptors (Lipinski definition) is 3. The summed E-state index contributed by atoms with van der Waals surface area (Å²) in [6, 6.07) is 2.35. The van der Waals surface area contributed by atoms with Crippen LogP contribution in [-0.2, 0) is 7.05 Å². The molecular weight excluding hydrogens is 318 g/mol. The van der Waals surface area contributed by atoms with Crippen molar-refractivity contribution in [3.05, 3.63) is 45.7 Å². The van der Waals surface area contributed by atoms with Crippen LogP contribution in [0.15, 0.2) is 22.8 Å². The second-order valence-corrected chi connectivity index (χ2v) is 4.83. The topological polar surface area (TPSA) is 42.7 Å². The smallest absolute Gasteiger partial charge is 0.173 e. The summed E-state index contributed by atoms with van der Waals surface area (Å²) in [6.45, 7) is 2.60. The predicted molar refractivity (Wildman–Crippen MR) is 70.6 cm³/mol. The SMILES string of the molecule is CCNC(c1ccc(F)c(F)c1Br)c1cnnn1C. The van der Waals surface area contributed by atoms with E-state index in [0.717, 1.165) is 11.8 Å². The van der Waals surface area contributed by atoms with E-state index in [0.29, 0.717) is 12.1 Å². The van der Waals surface area contributed by atoms with E-state index >= 15 is 0 Å². The molecule has 1 aromatic heterocycles. The first kappa shape index (κ1) is 14.1. The first-order valence-corrected chi connectivity index (χ1v) is 6.57. The molecule has 2 aromatic rings. The van der Waals surface area contributed by atoms with Crippen LogP contribution in [0.5, 0.6) is 0 Å². The van der Waals surface area contributed by atoms with E-state index in [1.165, 1.54) is 0 Å². The Morgan fingerprint density at radius 1 is 1.42 bits per heavy atom. The Labute approximate surface area is 117 Å². The summed E-state index contributed by atoms with van der Waals surface area (Å²) in [6.07, 6.45) is 1.60. The minimum atomic E-state index is -0.893. The first-order chi connectivity index (χ1) is 9.06. The van der Waals surface area contributed by atoms with Gasteiger partial charge in [-0.05, 0) is 34.1 Å². The van der Waals surface area contributed by atoms with Gasteiger partial charge >= 0.3 is 0 Å². The van der Waals surface area contributed by atoms with Crippen molar-refractivity contribution in [2.75, 3.05) is 6.54 Å². The average Bonchev–Trinajstić information content (AvgIpc) is 2.80. The Morgan fingerprint density at radius 3 is 2.74 bits per heavy atom. The molecule has 1 unspecified atom stereocenters. The van der Waals surface area contributed by atoms with Crippen molar-refractivity contribution in [1.82, 2.24) is 20.3 Å². The van der Waals surface area contributed by atoms with Crippen molar-refractivity contribution in [2.45, 2.75) is 13.0 Å². The van der Waals surface area contributed by atoms with Crippen LogP contribution in [0, 0.1) is 11.6 Å². The molecule has 0 saturated heterocycles. The minimum Gasteiger partial charge on any atom is -0.305 e. The van der Waals surface area contributed by atoms with Crippen molar-refractivity contribution >= 4 is 15.9 Å². The van der Waals surface area contributed by atoms with Crippen LogP contribution in [0.4, 0.5) is 8.78 Å². The number of aryl methyl sites for hydroxylation is 1. The van der Waals surface area contributed by atoms with Gasteiger partial charge in [-0.2, -0.15) is 0 Å². The molecule has 0 aliphatic carbocycles. The van der Waals surface area contributed by atoms with Gasteiger partial charge in [0, 0.05) is 7.05 Å². The van der Waals surface area contributed by atoms with Crippen LogP contribution in [-0.4, -0.2) is 21.5 Å². The molecule has 1 N–H and O–H groups in total. The van der Waals surface area contributed by atoms with Gasteiger partial charge in [0.1, 0.15) is 0 Å². The van der Waals surface area contributed by atoms with Crippen molar-refractivity contribution in [1.29, 1.82) is 0 Å². The molecule has 4 nitrogen and oxygen atoms in total. The lowest BCUT2D eigenvalue weighted by molar-refractivity contribution is 0.496. The van der Waals surface area contributed by atoms with E-state index in [9.17, 15) is 8.78 Å². The lowest BCUT2D eigenvalue weighted by Gasteiger charge is -2.19. The largest absolute Gasteiger partial charge is 0.305 e. The van der Waals surface area contributed by atoms with E-state index in [4.69, 9.17) is 0 Å². The standard InChI is InChI=1S/C12H13BrF2N4/c1-3-16-12(9-6-17-18-19(9)2)7-4-5-8(14)11(15)10(7)13/h4-6,12,16H,3H2,1-2H3. The third-order valence-corrected chi connectivity index (χ3v) is 3.64. The normalized spacial score (nSPS) is 12.7. The molecule has 0 saturated carbocycles. The maximum absolute atomic E-state index is 13.6. The van der Waals surface area contributed by atoms with E-state index in [1.54, 1.807) is 24.0 Å². The van der Waals surface area contributed by atoms with E-state index in [1.807, 2.05) is 6.92 Å². The molecule has 0 radical (unpaired) electrons. The van der Waals surface area contributed by atoms with E-state index < -0.39 is 11.6 Å². The molecule has 0 aliphatic rings. The highest BCUT2D eigenvalue weighted by Crippen LogP contribution is 2.31. The Kier molecular flexibility index (Phi) is 4.26. The molecule has 0 fully saturated rings. The predicted octanol–water partition coefficient (Wildman–Crippen LogP) is 2.55. The number of nitrogens with one attached hydrogen (secondary N) is 1. The monoisotopic (exact) mass is 330 g/mol. The zero-order valence-corrected chi connectivity index (χ0v) is 12.1. The minimum absolute atomic E-state index is 0.111. The zero-order chi connectivity index (χ0) is 14.0. The number of aromatic nitrogens is 3. The Morgan fingerprint density at radius 2 is 2.16 bits per heavy atom. The highest BCUT2D eigenvalue weighted by molar-refractivity contribution is 9.10. The fourth-order valence-corrected chi connectivity index (χ4v) is 2.45. The van der Waals surface area contributed by atoms with Crippen LogP contribution >= 0.6 is 15.9 Å². The van der Waals surface area contributed by atoms with Crippen LogP contribution in [0.1, 0.15) is 24.2 Å². The van der Waals surface area contributed by atoms with Gasteiger partial charge in [0.15, 0.2) is 11.6 Å². The Hall–Kier alpha value is -1.34. The average molecular weight is 331 g/mol. The maximum Gasteiger partial charge on any atom is 0.173 e. The van der Waals surface area contributed by atoms with E-state index in [-0.39, 0.29) is 10.5 Å². The summed E-state index contributed by atoms with van der Waals surface area (Å²) in [5, 5.41) is 10.9. The van der Waals surface area contributed by atoms with Gasteiger partial charge in [-0.1, -0.05) is 18.2 Å². The molecule has 0 bridgehead atoms. The summed E-state index contributed by atoms with van der Waals surface area (Å²) in [5.41, 5.74) is 1.37. The molecule has 19 heavy (non-hydrogen) atoms. The second kappa shape index (κ2) is 5.75. The number of nitrogens with zero attached hydrogens (tertiary/aromatic N) is 3. The third-order valence-electron chi connectivity index (χ3n) is 2.83. The number of hydrogen-bond donors (Lipinski definition) is 1. The van der Waals surface area contributed by atoms with Crippen molar-refractivity contribution in [3.63, 3.8) is 0 Å². The fraction of sp³-hybridized carbons (Fsp3) is 0.333. The quantitative estimate of drug-likeness (QED) is 0.876. The molecule has 1 atom stereocenters. The van der Waals surface area contributed by atoms with Crippen molar-refractivity contribution in [3.8, 4) is 0 Å². The van der Waals surface area contributed by atoms with Gasteiger partial charge in [0.25, 0.3) is 0 Å². The van der Waals surface area contributed by atoms with Gasteiger partial charge in [0.2, 0.25) is 0 Å². The number of benzene rings is 1. The Bertz CT molecular complexity index is 585. The molecule has 0 spiro atoms. The Balaban J connectivity index is 2.52. The molecule has 7 heteroatoms. The first-order valence-electron chi connectivity index (χ1n) is 5.77. The molecular formula is C12H13BrF2N4. The highest BCUT2D eigenvalue weighted by atomic mass is 79.9. The molecule has 0 amide bonds. The molecule has 0 aliphatic heterocycles. The van der Waals surface area contributed by atoms with Crippen LogP contribution in [0.3, 0.4) is 0 Å². The van der Waals surface area contributed by atoms with E-state index in [2.05, 4.69) is 31.6 Å². The zero-order valence-electron chi connectivity index (χ0n) is 10.5. The molecule has 1 aromatic carbocycles. The maximum atomic E-state index is 13.6. The summed E-state index contributed by atoms with van der Waals surface area (Å²) < 4.78 is 28.5. The third kappa shape index (κ3) is 2.66. The molecule has 102 valence electrons. The number of rotatable bonds is 4. The summed E-state index contributed by atoms with van der Waals surface area (Å²) in [5.74, 6) is -1.77. The lowest BCUT2D eigenvalue weighted by atomic mass is 10.0. The second-order valence-electron chi connectivity index (χ2n) is 4.04. The van der Waals surface area contributed by atoms with Crippen LogP contribution in [0.25, 0.3) is 0 Å². The lowest BCUT2D eigenvalue weighted by Crippen LogP contribution is -2.25. The van der Waals surface area contributed by atoms with Crippen molar-refractivity contribution in [2.24, 2.45) is 7.05 Å². The van der Waals surface area contributed by atoms with Crippen LogP contribution < -0.4 is 5.32 Å². The summed E-state index contributed by atoms with van der Waals surface area (Å²) in [7, 11) is 1.75. The van der Waals surface area contributed by atoms with Gasteiger partial charge in [-0.25, -0.2) is 8.78 Å². The summed E-state index contributed by atoms with van der Waals surface area (Å²) in [4.78, 5) is 0.